The second-order valence-corrected chi connectivity index (χ2v) is 6.15. The topological polar surface area (TPSA) is 50.8 Å². The van der Waals surface area contributed by atoms with E-state index >= 15 is 0 Å². The fraction of sp³-hybridized carbons (Fsp3) is 0.316. The molecule has 25 heavy (non-hydrogen) atoms. The Labute approximate surface area is 153 Å². The van der Waals surface area contributed by atoms with E-state index in [-0.39, 0.29) is 18.6 Å². The van der Waals surface area contributed by atoms with Crippen LogP contribution < -0.4 is 14.8 Å². The molecular weight excluding hydrogens is 340 g/mol. The molecule has 0 fully saturated rings. The van der Waals surface area contributed by atoms with E-state index in [0.29, 0.717) is 17.3 Å². The summed E-state index contributed by atoms with van der Waals surface area (Å²) in [6.07, 6.45) is 0. The number of likely N-dealkylation sites (N-methyl/N-ethyl adjacent to an activating group) is 1. The van der Waals surface area contributed by atoms with E-state index in [0.717, 1.165) is 11.3 Å². The van der Waals surface area contributed by atoms with Crippen LogP contribution in [0.25, 0.3) is 0 Å². The summed E-state index contributed by atoms with van der Waals surface area (Å²) in [5.41, 5.74) is 1.02. The van der Waals surface area contributed by atoms with Gasteiger partial charge in [-0.15, -0.1) is 0 Å². The lowest BCUT2D eigenvalue weighted by Gasteiger charge is -2.26. The third-order valence-corrected chi connectivity index (χ3v) is 4.12. The van der Waals surface area contributed by atoms with Crippen molar-refractivity contribution in [2.24, 2.45) is 0 Å². The van der Waals surface area contributed by atoms with E-state index in [4.69, 9.17) is 21.1 Å². The van der Waals surface area contributed by atoms with Gasteiger partial charge in [0, 0.05) is 12.1 Å². The van der Waals surface area contributed by atoms with Crippen LogP contribution in [0.5, 0.6) is 11.5 Å². The maximum Gasteiger partial charge on any atom is 0.258 e. The molecule has 2 rings (SSSR count). The number of carbonyl (C=O) groups is 1. The highest BCUT2D eigenvalue weighted by atomic mass is 35.5. The van der Waals surface area contributed by atoms with E-state index < -0.39 is 0 Å². The van der Waals surface area contributed by atoms with Crippen LogP contribution in [0.1, 0.15) is 11.6 Å². The predicted octanol–water partition coefficient (Wildman–Crippen LogP) is 3.15. The number of halogens is 1. The first-order valence-electron chi connectivity index (χ1n) is 7.96. The van der Waals surface area contributed by atoms with Gasteiger partial charge in [-0.3, -0.25) is 4.79 Å². The number of ether oxygens (including phenoxy) is 2. The van der Waals surface area contributed by atoms with E-state index in [1.54, 1.807) is 19.2 Å². The summed E-state index contributed by atoms with van der Waals surface area (Å²) >= 11 is 6.01. The Balaban J connectivity index is 1.95. The molecule has 0 aliphatic rings. The first-order chi connectivity index (χ1) is 12.0. The van der Waals surface area contributed by atoms with Gasteiger partial charge in [-0.05, 0) is 32.3 Å². The van der Waals surface area contributed by atoms with Crippen molar-refractivity contribution in [2.75, 3.05) is 34.4 Å². The molecule has 0 saturated heterocycles. The Morgan fingerprint density at radius 1 is 1.12 bits per heavy atom. The number of benzene rings is 2. The first kappa shape index (κ1) is 19.1. The monoisotopic (exact) mass is 362 g/mol. The first-order valence-corrected chi connectivity index (χ1v) is 8.34. The van der Waals surface area contributed by atoms with Gasteiger partial charge in [-0.1, -0.05) is 41.9 Å². The molecule has 0 saturated carbocycles. The predicted molar refractivity (Wildman–Crippen MR) is 99.4 cm³/mol. The number of rotatable bonds is 8. The number of nitrogens with zero attached hydrogens (tertiary/aromatic N) is 1. The molecule has 0 radical (unpaired) electrons. The second kappa shape index (κ2) is 9.30. The number of hydrogen-bond acceptors (Lipinski definition) is 4. The minimum atomic E-state index is -0.207. The van der Waals surface area contributed by atoms with Gasteiger partial charge in [0.2, 0.25) is 0 Å². The Morgan fingerprint density at radius 2 is 1.76 bits per heavy atom. The highest BCUT2D eigenvalue weighted by Crippen LogP contribution is 2.27. The van der Waals surface area contributed by atoms with Crippen LogP contribution in [0.2, 0.25) is 5.02 Å². The summed E-state index contributed by atoms with van der Waals surface area (Å²) in [6, 6.07) is 14.8. The highest BCUT2D eigenvalue weighted by Gasteiger charge is 2.19. The Kier molecular flexibility index (Phi) is 7.10. The number of nitrogens with one attached hydrogen (secondary N) is 1. The van der Waals surface area contributed by atoms with Crippen molar-refractivity contribution in [3.8, 4) is 11.5 Å². The molecule has 5 nitrogen and oxygen atoms in total. The summed E-state index contributed by atoms with van der Waals surface area (Å²) in [4.78, 5) is 14.1. The number of carbonyl (C=O) groups excluding carboxylic acids is 1. The quantitative estimate of drug-likeness (QED) is 0.783. The molecule has 6 heteroatoms. The van der Waals surface area contributed by atoms with Crippen LogP contribution in [0, 0.1) is 0 Å². The SMILES string of the molecule is COc1ccccc1[C@H](CNC(=O)COc1ccccc1Cl)N(C)C. The van der Waals surface area contributed by atoms with E-state index in [9.17, 15) is 4.79 Å². The van der Waals surface area contributed by atoms with Gasteiger partial charge >= 0.3 is 0 Å². The fourth-order valence-electron chi connectivity index (χ4n) is 2.48. The molecule has 0 aliphatic carbocycles. The van der Waals surface area contributed by atoms with Crippen molar-refractivity contribution in [3.63, 3.8) is 0 Å². The molecule has 0 aromatic heterocycles. The zero-order chi connectivity index (χ0) is 18.2. The summed E-state index contributed by atoms with van der Waals surface area (Å²) in [5.74, 6) is 1.08. The molecule has 0 aliphatic heterocycles. The highest BCUT2D eigenvalue weighted by molar-refractivity contribution is 6.32. The van der Waals surface area contributed by atoms with Gasteiger partial charge in [-0.25, -0.2) is 0 Å². The molecule has 0 unspecified atom stereocenters. The van der Waals surface area contributed by atoms with Crippen LogP contribution in [-0.4, -0.2) is 45.2 Å². The Morgan fingerprint density at radius 3 is 2.40 bits per heavy atom. The zero-order valence-electron chi connectivity index (χ0n) is 14.7. The number of hydrogen-bond donors (Lipinski definition) is 1. The third-order valence-electron chi connectivity index (χ3n) is 3.81. The number of methoxy groups -OCH3 is 1. The van der Waals surface area contributed by atoms with Crippen LogP contribution >= 0.6 is 11.6 Å². The van der Waals surface area contributed by atoms with Crippen LogP contribution in [0.3, 0.4) is 0 Å². The number of para-hydroxylation sites is 2. The van der Waals surface area contributed by atoms with Crippen molar-refractivity contribution in [3.05, 3.63) is 59.1 Å². The molecule has 0 spiro atoms. The lowest BCUT2D eigenvalue weighted by molar-refractivity contribution is -0.123. The maximum atomic E-state index is 12.1. The van der Waals surface area contributed by atoms with Crippen molar-refractivity contribution < 1.29 is 14.3 Å². The molecule has 2 aromatic carbocycles. The molecule has 1 N–H and O–H groups in total. The van der Waals surface area contributed by atoms with Crippen molar-refractivity contribution >= 4 is 17.5 Å². The van der Waals surface area contributed by atoms with E-state index in [1.807, 2.05) is 55.4 Å². The second-order valence-electron chi connectivity index (χ2n) is 5.74. The summed E-state index contributed by atoms with van der Waals surface area (Å²) in [5, 5.41) is 3.38. The third kappa shape index (κ3) is 5.37. The normalized spacial score (nSPS) is 11.9. The average molecular weight is 363 g/mol. The van der Waals surface area contributed by atoms with Gasteiger partial charge in [0.25, 0.3) is 5.91 Å². The zero-order valence-corrected chi connectivity index (χ0v) is 15.4. The largest absolute Gasteiger partial charge is 0.496 e. The van der Waals surface area contributed by atoms with Crippen molar-refractivity contribution in [1.82, 2.24) is 10.2 Å². The van der Waals surface area contributed by atoms with Crippen molar-refractivity contribution in [2.45, 2.75) is 6.04 Å². The molecule has 0 bridgehead atoms. The average Bonchev–Trinajstić information content (AvgIpc) is 2.61. The molecule has 1 amide bonds. The van der Waals surface area contributed by atoms with Gasteiger partial charge < -0.3 is 19.7 Å². The van der Waals surface area contributed by atoms with Crippen molar-refractivity contribution in [1.29, 1.82) is 0 Å². The number of amides is 1. The van der Waals surface area contributed by atoms with Gasteiger partial charge in [0.15, 0.2) is 6.61 Å². The Hall–Kier alpha value is -2.24. The van der Waals surface area contributed by atoms with Crippen LogP contribution in [0.4, 0.5) is 0 Å². The summed E-state index contributed by atoms with van der Waals surface area (Å²) in [6.45, 7) is 0.355. The lowest BCUT2D eigenvalue weighted by atomic mass is 10.0. The van der Waals surface area contributed by atoms with Crippen LogP contribution in [-0.2, 0) is 4.79 Å². The molecule has 2 aromatic rings. The Bertz CT molecular complexity index is 707. The van der Waals surface area contributed by atoms with E-state index in [1.165, 1.54) is 0 Å². The summed E-state index contributed by atoms with van der Waals surface area (Å²) < 4.78 is 10.9. The lowest BCUT2D eigenvalue weighted by Crippen LogP contribution is -2.37. The molecule has 1 atom stereocenters. The maximum absolute atomic E-state index is 12.1. The minimum Gasteiger partial charge on any atom is -0.496 e. The van der Waals surface area contributed by atoms with Gasteiger partial charge in [0.1, 0.15) is 11.5 Å². The van der Waals surface area contributed by atoms with Gasteiger partial charge in [0.05, 0.1) is 18.2 Å². The summed E-state index contributed by atoms with van der Waals surface area (Å²) in [7, 11) is 5.56. The fourth-order valence-corrected chi connectivity index (χ4v) is 2.67. The van der Waals surface area contributed by atoms with Gasteiger partial charge in [-0.2, -0.15) is 0 Å². The van der Waals surface area contributed by atoms with Crippen LogP contribution in [0.15, 0.2) is 48.5 Å². The smallest absolute Gasteiger partial charge is 0.258 e. The molecule has 0 heterocycles. The van der Waals surface area contributed by atoms with E-state index in [2.05, 4.69) is 5.32 Å². The standard InChI is InChI=1S/C19H23ClN2O3/c1-22(2)16(14-8-4-6-10-17(14)24-3)12-21-19(23)13-25-18-11-7-5-9-15(18)20/h4-11,16H,12-13H2,1-3H3,(H,21,23)/t16-/m0/s1. The molecule has 134 valence electrons. The molecular formula is C19H23ClN2O3. The minimum absolute atomic E-state index is 0.0135.